The Morgan fingerprint density at radius 3 is 2.49 bits per heavy atom. The molecule has 3 aromatic carbocycles. The molecule has 0 bridgehead atoms. The predicted octanol–water partition coefficient (Wildman–Crippen LogP) is 7.48. The van der Waals surface area contributed by atoms with E-state index >= 15 is 0 Å². The van der Waals surface area contributed by atoms with Crippen LogP contribution in [-0.2, 0) is 12.8 Å². The highest BCUT2D eigenvalue weighted by Crippen LogP contribution is 2.44. The van der Waals surface area contributed by atoms with Crippen LogP contribution in [0.3, 0.4) is 0 Å². The Morgan fingerprint density at radius 2 is 1.71 bits per heavy atom. The van der Waals surface area contributed by atoms with Crippen LogP contribution in [0, 0.1) is 5.92 Å². The van der Waals surface area contributed by atoms with E-state index in [4.69, 9.17) is 16.3 Å². The van der Waals surface area contributed by atoms with Gasteiger partial charge in [0.2, 0.25) is 0 Å². The summed E-state index contributed by atoms with van der Waals surface area (Å²) in [6.07, 6.45) is 4.85. The van der Waals surface area contributed by atoms with Crippen molar-refractivity contribution in [3.63, 3.8) is 0 Å². The van der Waals surface area contributed by atoms with E-state index in [-0.39, 0.29) is 6.67 Å². The SMILES string of the molecule is COc1c(Cl)cccc1C1=C(c2ccc(CC3CN(CCCF)C3)cc2)c2ccccc2CCC1. The summed E-state index contributed by atoms with van der Waals surface area (Å²) < 4.78 is 18.2. The minimum absolute atomic E-state index is 0.218. The molecule has 0 unspecified atom stereocenters. The lowest BCUT2D eigenvalue weighted by molar-refractivity contribution is 0.0968. The summed E-state index contributed by atoms with van der Waals surface area (Å²) in [7, 11) is 1.70. The van der Waals surface area contributed by atoms with Gasteiger partial charge in [-0.1, -0.05) is 72.3 Å². The van der Waals surface area contributed by atoms with Gasteiger partial charge in [0, 0.05) is 25.2 Å². The average Bonchev–Trinajstić information content (AvgIpc) is 3.05. The van der Waals surface area contributed by atoms with Crippen molar-refractivity contribution in [2.45, 2.75) is 32.1 Å². The Morgan fingerprint density at radius 1 is 0.943 bits per heavy atom. The molecule has 4 heteroatoms. The molecule has 0 saturated carbocycles. The molecule has 0 atom stereocenters. The summed E-state index contributed by atoms with van der Waals surface area (Å²) in [5.41, 5.74) is 8.96. The van der Waals surface area contributed by atoms with Crippen LogP contribution in [0.1, 0.15) is 47.1 Å². The van der Waals surface area contributed by atoms with E-state index in [1.807, 2.05) is 12.1 Å². The highest BCUT2D eigenvalue weighted by Gasteiger charge is 2.26. The van der Waals surface area contributed by atoms with Crippen LogP contribution in [0.5, 0.6) is 5.75 Å². The number of para-hydroxylation sites is 1. The van der Waals surface area contributed by atoms with Gasteiger partial charge in [-0.05, 0) is 77.5 Å². The lowest BCUT2D eigenvalue weighted by atomic mass is 9.86. The molecular weight excluding hydrogens is 457 g/mol. The fourth-order valence-electron chi connectivity index (χ4n) is 5.69. The van der Waals surface area contributed by atoms with Gasteiger partial charge in [0.25, 0.3) is 0 Å². The summed E-state index contributed by atoms with van der Waals surface area (Å²) in [6, 6.07) is 24.0. The van der Waals surface area contributed by atoms with Crippen molar-refractivity contribution in [1.29, 1.82) is 0 Å². The third kappa shape index (κ3) is 5.17. The van der Waals surface area contributed by atoms with Gasteiger partial charge < -0.3 is 9.64 Å². The lowest BCUT2D eigenvalue weighted by Crippen LogP contribution is -2.47. The molecule has 0 radical (unpaired) electrons. The molecule has 3 aromatic rings. The molecule has 1 heterocycles. The summed E-state index contributed by atoms with van der Waals surface area (Å²) in [6.45, 7) is 2.83. The first-order valence-electron chi connectivity index (χ1n) is 12.7. The third-order valence-electron chi connectivity index (χ3n) is 7.37. The number of allylic oxidation sites excluding steroid dienone is 1. The van der Waals surface area contributed by atoms with Gasteiger partial charge in [0.05, 0.1) is 18.8 Å². The van der Waals surface area contributed by atoms with Crippen LogP contribution in [0.15, 0.2) is 66.7 Å². The van der Waals surface area contributed by atoms with Gasteiger partial charge in [0.1, 0.15) is 5.75 Å². The maximum Gasteiger partial charge on any atom is 0.144 e. The molecule has 0 aromatic heterocycles. The first kappa shape index (κ1) is 24.1. The quantitative estimate of drug-likeness (QED) is 0.325. The van der Waals surface area contributed by atoms with Gasteiger partial charge in [-0.15, -0.1) is 0 Å². The smallest absolute Gasteiger partial charge is 0.144 e. The molecule has 35 heavy (non-hydrogen) atoms. The van der Waals surface area contributed by atoms with Crippen LogP contribution < -0.4 is 4.74 Å². The third-order valence-corrected chi connectivity index (χ3v) is 7.66. The topological polar surface area (TPSA) is 12.5 Å². The van der Waals surface area contributed by atoms with Crippen molar-refractivity contribution in [1.82, 2.24) is 4.90 Å². The van der Waals surface area contributed by atoms with E-state index in [1.54, 1.807) is 7.11 Å². The second kappa shape index (κ2) is 11.0. The standard InChI is InChI=1S/C31H33ClFNO/c1-35-31-28(11-5-12-29(31)32)27-10-4-8-24-7-2-3-9-26(24)30(27)25-15-13-22(14-16-25)19-23-20-34(21-23)18-6-17-33/h2-3,5,7,9,11-16,23H,4,6,8,10,17-21H2,1H3. The summed E-state index contributed by atoms with van der Waals surface area (Å²) in [5, 5.41) is 0.644. The molecular formula is C31H33ClFNO. The molecule has 0 spiro atoms. The minimum Gasteiger partial charge on any atom is -0.495 e. The van der Waals surface area contributed by atoms with Gasteiger partial charge in [-0.2, -0.15) is 0 Å². The molecule has 2 aliphatic rings. The zero-order chi connectivity index (χ0) is 24.2. The average molecular weight is 490 g/mol. The molecule has 1 fully saturated rings. The van der Waals surface area contributed by atoms with Gasteiger partial charge in [-0.3, -0.25) is 4.39 Å². The largest absolute Gasteiger partial charge is 0.495 e. The summed E-state index contributed by atoms with van der Waals surface area (Å²) in [5.74, 6) is 1.42. The van der Waals surface area contributed by atoms with Crippen LogP contribution in [0.4, 0.5) is 4.39 Å². The minimum atomic E-state index is -0.218. The number of nitrogens with zero attached hydrogens (tertiary/aromatic N) is 1. The van der Waals surface area contributed by atoms with Crippen molar-refractivity contribution in [2.75, 3.05) is 33.4 Å². The number of ether oxygens (including phenoxy) is 1. The highest BCUT2D eigenvalue weighted by atomic mass is 35.5. The van der Waals surface area contributed by atoms with Crippen molar-refractivity contribution >= 4 is 22.7 Å². The normalized spacial score (nSPS) is 16.5. The lowest BCUT2D eigenvalue weighted by Gasteiger charge is -2.39. The number of aryl methyl sites for hydroxylation is 1. The van der Waals surface area contributed by atoms with Crippen LogP contribution in [0.2, 0.25) is 5.02 Å². The van der Waals surface area contributed by atoms with E-state index < -0.39 is 0 Å². The van der Waals surface area contributed by atoms with Crippen LogP contribution in [-0.4, -0.2) is 38.3 Å². The molecule has 1 aliphatic heterocycles. The molecule has 1 aliphatic carbocycles. The fourth-order valence-corrected chi connectivity index (χ4v) is 5.94. The number of likely N-dealkylation sites (tertiary alicyclic amines) is 1. The van der Waals surface area contributed by atoms with Crippen LogP contribution >= 0.6 is 11.6 Å². The molecule has 0 N–H and O–H groups in total. The number of hydrogen-bond acceptors (Lipinski definition) is 2. The van der Waals surface area contributed by atoms with Crippen molar-refractivity contribution in [2.24, 2.45) is 5.92 Å². The Labute approximate surface area is 213 Å². The molecule has 2 nitrogen and oxygen atoms in total. The van der Waals surface area contributed by atoms with Gasteiger partial charge in [0.15, 0.2) is 0 Å². The molecule has 5 rings (SSSR count). The van der Waals surface area contributed by atoms with E-state index in [9.17, 15) is 4.39 Å². The van der Waals surface area contributed by atoms with E-state index in [0.29, 0.717) is 17.4 Å². The van der Waals surface area contributed by atoms with E-state index in [1.165, 1.54) is 33.4 Å². The fraction of sp³-hybridized carbons (Fsp3) is 0.355. The van der Waals surface area contributed by atoms with Crippen molar-refractivity contribution in [3.8, 4) is 5.75 Å². The first-order valence-corrected chi connectivity index (χ1v) is 13.1. The van der Waals surface area contributed by atoms with Crippen molar-refractivity contribution in [3.05, 3.63) is 99.6 Å². The second-order valence-electron chi connectivity index (χ2n) is 9.75. The van der Waals surface area contributed by atoms with Crippen LogP contribution in [0.25, 0.3) is 11.1 Å². The van der Waals surface area contributed by atoms with Crippen molar-refractivity contribution < 1.29 is 9.13 Å². The Hall–Kier alpha value is -2.62. The Balaban J connectivity index is 1.49. The second-order valence-corrected chi connectivity index (χ2v) is 10.2. The maximum absolute atomic E-state index is 12.4. The monoisotopic (exact) mass is 489 g/mol. The van der Waals surface area contributed by atoms with E-state index in [0.717, 1.165) is 56.6 Å². The zero-order valence-electron chi connectivity index (χ0n) is 20.4. The number of rotatable bonds is 8. The number of alkyl halides is 1. The molecule has 0 amide bonds. The number of hydrogen-bond donors (Lipinski definition) is 0. The number of fused-ring (bicyclic) bond motifs is 1. The predicted molar refractivity (Wildman–Crippen MR) is 144 cm³/mol. The van der Waals surface area contributed by atoms with E-state index in [2.05, 4.69) is 59.5 Å². The first-order chi connectivity index (χ1) is 17.2. The Bertz CT molecular complexity index is 1200. The molecule has 1 saturated heterocycles. The number of benzene rings is 3. The zero-order valence-corrected chi connectivity index (χ0v) is 21.2. The maximum atomic E-state index is 12.4. The molecule has 182 valence electrons. The Kier molecular flexibility index (Phi) is 7.55. The number of halogens is 2. The highest BCUT2D eigenvalue weighted by molar-refractivity contribution is 6.32. The summed E-state index contributed by atoms with van der Waals surface area (Å²) >= 11 is 6.54. The van der Waals surface area contributed by atoms with Gasteiger partial charge >= 0.3 is 0 Å². The summed E-state index contributed by atoms with van der Waals surface area (Å²) in [4.78, 5) is 2.36. The number of methoxy groups -OCH3 is 1. The van der Waals surface area contributed by atoms with Gasteiger partial charge in [-0.25, -0.2) is 0 Å².